The molecule has 1 saturated carbocycles. The van der Waals surface area contributed by atoms with Crippen molar-refractivity contribution in [3.05, 3.63) is 0 Å². The Labute approximate surface area is 124 Å². The van der Waals surface area contributed by atoms with Crippen LogP contribution in [0.25, 0.3) is 0 Å². The van der Waals surface area contributed by atoms with Crippen LogP contribution in [-0.4, -0.2) is 42.8 Å². The third-order valence-corrected chi connectivity index (χ3v) is 3.75. The number of rotatable bonds is 6. The monoisotopic (exact) mass is 284 g/mol. The number of ether oxygens (including phenoxy) is 1. The van der Waals surface area contributed by atoms with Crippen LogP contribution in [0.3, 0.4) is 0 Å². The first-order valence-electron chi connectivity index (χ1n) is 8.11. The molecule has 4 nitrogen and oxygen atoms in total. The van der Waals surface area contributed by atoms with Crippen LogP contribution in [0.1, 0.15) is 59.8 Å². The number of hydrogen-bond acceptors (Lipinski definition) is 3. The van der Waals surface area contributed by atoms with Gasteiger partial charge in [-0.2, -0.15) is 0 Å². The summed E-state index contributed by atoms with van der Waals surface area (Å²) in [6, 6.07) is 0. The van der Waals surface area contributed by atoms with Gasteiger partial charge >= 0.3 is 6.09 Å². The quantitative estimate of drug-likeness (QED) is 0.760. The lowest BCUT2D eigenvalue weighted by molar-refractivity contribution is 0.0261. The van der Waals surface area contributed by atoms with Gasteiger partial charge in [-0.3, -0.25) is 0 Å². The van der Waals surface area contributed by atoms with Gasteiger partial charge in [0.05, 0.1) is 0 Å². The first kappa shape index (κ1) is 17.3. The predicted molar refractivity (Wildman–Crippen MR) is 82.9 cm³/mol. The Morgan fingerprint density at radius 2 is 1.90 bits per heavy atom. The highest BCUT2D eigenvalue weighted by Gasteiger charge is 2.20. The largest absolute Gasteiger partial charge is 0.444 e. The smallest absolute Gasteiger partial charge is 0.410 e. The molecule has 4 heteroatoms. The molecule has 0 aromatic rings. The molecule has 118 valence electrons. The average molecular weight is 284 g/mol. The van der Waals surface area contributed by atoms with Gasteiger partial charge in [0.15, 0.2) is 0 Å². The van der Waals surface area contributed by atoms with Crippen molar-refractivity contribution < 1.29 is 9.53 Å². The van der Waals surface area contributed by atoms with Crippen molar-refractivity contribution in [3.63, 3.8) is 0 Å². The summed E-state index contributed by atoms with van der Waals surface area (Å²) >= 11 is 0. The van der Waals surface area contributed by atoms with Crippen LogP contribution < -0.4 is 5.32 Å². The van der Waals surface area contributed by atoms with Gasteiger partial charge in [0, 0.05) is 19.6 Å². The van der Waals surface area contributed by atoms with Crippen molar-refractivity contribution in [2.45, 2.75) is 65.4 Å². The van der Waals surface area contributed by atoms with Crippen LogP contribution in [0.15, 0.2) is 0 Å². The molecule has 0 aromatic heterocycles. The first-order valence-corrected chi connectivity index (χ1v) is 8.11. The molecule has 1 rings (SSSR count). The molecule has 0 spiro atoms. The molecule has 0 atom stereocenters. The van der Waals surface area contributed by atoms with E-state index < -0.39 is 5.60 Å². The lowest BCUT2D eigenvalue weighted by Gasteiger charge is -2.27. The molecule has 0 radical (unpaired) electrons. The lowest BCUT2D eigenvalue weighted by Crippen LogP contribution is -2.41. The Bertz CT molecular complexity index is 281. The summed E-state index contributed by atoms with van der Waals surface area (Å²) in [6.45, 7) is 11.1. The van der Waals surface area contributed by atoms with E-state index in [4.69, 9.17) is 4.74 Å². The maximum atomic E-state index is 12.0. The number of hydrogen-bond donors (Lipinski definition) is 1. The zero-order valence-corrected chi connectivity index (χ0v) is 13.7. The second-order valence-corrected chi connectivity index (χ2v) is 6.77. The maximum Gasteiger partial charge on any atom is 0.410 e. The van der Waals surface area contributed by atoms with Gasteiger partial charge in [-0.15, -0.1) is 0 Å². The normalized spacial score (nSPS) is 17.0. The van der Waals surface area contributed by atoms with E-state index in [0.717, 1.165) is 25.6 Å². The fourth-order valence-electron chi connectivity index (χ4n) is 2.62. The molecule has 1 amide bonds. The van der Waals surface area contributed by atoms with E-state index in [-0.39, 0.29) is 6.09 Å². The average Bonchev–Trinajstić information content (AvgIpc) is 2.38. The van der Waals surface area contributed by atoms with Crippen LogP contribution >= 0.6 is 0 Å². The third-order valence-electron chi connectivity index (χ3n) is 3.75. The van der Waals surface area contributed by atoms with E-state index in [1.807, 2.05) is 27.7 Å². The molecular weight excluding hydrogens is 252 g/mol. The maximum absolute atomic E-state index is 12.0. The molecular formula is C16H32N2O2. The van der Waals surface area contributed by atoms with Crippen LogP contribution in [0.5, 0.6) is 0 Å². The van der Waals surface area contributed by atoms with Gasteiger partial charge in [0.1, 0.15) is 5.60 Å². The predicted octanol–water partition coefficient (Wildman–Crippen LogP) is 3.41. The molecule has 1 fully saturated rings. The van der Waals surface area contributed by atoms with E-state index in [1.54, 1.807) is 4.90 Å². The Hall–Kier alpha value is -0.770. The number of carbonyl (C=O) groups is 1. The molecule has 0 bridgehead atoms. The van der Waals surface area contributed by atoms with E-state index in [9.17, 15) is 4.79 Å². The molecule has 0 unspecified atom stereocenters. The summed E-state index contributed by atoms with van der Waals surface area (Å²) in [5.41, 5.74) is -0.417. The minimum Gasteiger partial charge on any atom is -0.444 e. The highest BCUT2D eigenvalue weighted by molar-refractivity contribution is 5.68. The van der Waals surface area contributed by atoms with Crippen molar-refractivity contribution in [3.8, 4) is 0 Å². The molecule has 1 aliphatic carbocycles. The summed E-state index contributed by atoms with van der Waals surface area (Å²) in [5.74, 6) is 0.834. The highest BCUT2D eigenvalue weighted by Crippen LogP contribution is 2.22. The Morgan fingerprint density at radius 3 is 2.45 bits per heavy atom. The third kappa shape index (κ3) is 7.13. The second-order valence-electron chi connectivity index (χ2n) is 6.77. The molecule has 20 heavy (non-hydrogen) atoms. The molecule has 1 aliphatic rings. The zero-order valence-electron chi connectivity index (χ0n) is 13.7. The summed E-state index contributed by atoms with van der Waals surface area (Å²) in [5, 5.41) is 3.49. The fourth-order valence-corrected chi connectivity index (χ4v) is 2.62. The second kappa shape index (κ2) is 8.50. The standard InChI is InChI=1S/C16H32N2O2/c1-5-18(15(19)20-16(2,3)4)12-11-17-13-14-9-7-6-8-10-14/h14,17H,5-13H2,1-4H3. The van der Waals surface area contributed by atoms with Gasteiger partial charge in [0.2, 0.25) is 0 Å². The van der Waals surface area contributed by atoms with Crippen LogP contribution in [-0.2, 0) is 4.74 Å². The van der Waals surface area contributed by atoms with Crippen LogP contribution in [0.4, 0.5) is 4.79 Å². The van der Waals surface area contributed by atoms with Crippen molar-refractivity contribution in [2.24, 2.45) is 5.92 Å². The Morgan fingerprint density at radius 1 is 1.25 bits per heavy atom. The molecule has 0 aliphatic heterocycles. The first-order chi connectivity index (χ1) is 9.42. The summed E-state index contributed by atoms with van der Waals surface area (Å²) < 4.78 is 5.40. The number of amides is 1. The van der Waals surface area contributed by atoms with Crippen molar-refractivity contribution >= 4 is 6.09 Å². The zero-order chi connectivity index (χ0) is 15.0. The van der Waals surface area contributed by atoms with Crippen LogP contribution in [0, 0.1) is 5.92 Å². The van der Waals surface area contributed by atoms with Gasteiger partial charge in [-0.25, -0.2) is 4.79 Å². The summed E-state index contributed by atoms with van der Waals surface area (Å²) in [4.78, 5) is 13.7. The van der Waals surface area contributed by atoms with Crippen molar-refractivity contribution in [2.75, 3.05) is 26.2 Å². The minimum atomic E-state index is -0.417. The van der Waals surface area contributed by atoms with E-state index >= 15 is 0 Å². The number of carbonyl (C=O) groups excluding carboxylic acids is 1. The summed E-state index contributed by atoms with van der Waals surface area (Å²) in [7, 11) is 0. The number of nitrogens with one attached hydrogen (secondary N) is 1. The van der Waals surface area contributed by atoms with E-state index in [2.05, 4.69) is 5.32 Å². The summed E-state index contributed by atoms with van der Waals surface area (Å²) in [6.07, 6.45) is 6.67. The SMILES string of the molecule is CCN(CCNCC1CCCCC1)C(=O)OC(C)(C)C. The molecule has 1 N–H and O–H groups in total. The molecule has 0 saturated heterocycles. The lowest BCUT2D eigenvalue weighted by atomic mass is 9.89. The van der Waals surface area contributed by atoms with Gasteiger partial charge < -0.3 is 15.0 Å². The number of likely N-dealkylation sites (N-methyl/N-ethyl adjacent to an activating group) is 1. The minimum absolute atomic E-state index is 0.209. The van der Waals surface area contributed by atoms with E-state index in [0.29, 0.717) is 6.54 Å². The van der Waals surface area contributed by atoms with Gasteiger partial charge in [-0.05, 0) is 53.0 Å². The number of nitrogens with zero attached hydrogens (tertiary/aromatic N) is 1. The highest BCUT2D eigenvalue weighted by atomic mass is 16.6. The Balaban J connectivity index is 2.18. The molecule has 0 heterocycles. The van der Waals surface area contributed by atoms with Crippen molar-refractivity contribution in [1.29, 1.82) is 0 Å². The van der Waals surface area contributed by atoms with E-state index in [1.165, 1.54) is 32.1 Å². The van der Waals surface area contributed by atoms with Crippen molar-refractivity contribution in [1.82, 2.24) is 10.2 Å². The van der Waals surface area contributed by atoms with Gasteiger partial charge in [0.25, 0.3) is 0 Å². The topological polar surface area (TPSA) is 41.6 Å². The fraction of sp³-hybridized carbons (Fsp3) is 0.938. The van der Waals surface area contributed by atoms with Gasteiger partial charge in [-0.1, -0.05) is 19.3 Å². The Kier molecular flexibility index (Phi) is 7.35. The van der Waals surface area contributed by atoms with Crippen LogP contribution in [0.2, 0.25) is 0 Å². The molecule has 0 aromatic carbocycles.